The maximum absolute atomic E-state index is 12.2. The van der Waals surface area contributed by atoms with E-state index in [4.69, 9.17) is 4.74 Å². The van der Waals surface area contributed by atoms with Crippen molar-refractivity contribution in [3.63, 3.8) is 0 Å². The number of benzene rings is 1. The van der Waals surface area contributed by atoms with Gasteiger partial charge >= 0.3 is 5.97 Å². The summed E-state index contributed by atoms with van der Waals surface area (Å²) in [6.07, 6.45) is 1.96. The summed E-state index contributed by atoms with van der Waals surface area (Å²) in [6.45, 7) is 6.53. The molecule has 0 aromatic heterocycles. The van der Waals surface area contributed by atoms with Gasteiger partial charge in [-0.25, -0.2) is 0 Å². The van der Waals surface area contributed by atoms with Crippen LogP contribution in [0.1, 0.15) is 38.3 Å². The number of aryl methyl sites for hydroxylation is 1. The van der Waals surface area contributed by atoms with E-state index in [2.05, 4.69) is 13.8 Å². The van der Waals surface area contributed by atoms with Gasteiger partial charge in [-0.05, 0) is 48.4 Å². The van der Waals surface area contributed by atoms with Crippen molar-refractivity contribution < 1.29 is 14.6 Å². The fraction of sp³-hybridized carbons (Fsp3) is 0.562. The molecule has 0 aliphatic heterocycles. The molecule has 3 rings (SSSR count). The highest BCUT2D eigenvalue weighted by Crippen LogP contribution is 2.74. The van der Waals surface area contributed by atoms with E-state index in [1.54, 1.807) is 6.07 Å². The third kappa shape index (κ3) is 1.41. The number of esters is 1. The lowest BCUT2D eigenvalue weighted by molar-refractivity contribution is -0.145. The molecule has 2 aliphatic carbocycles. The molecule has 1 aromatic carbocycles. The van der Waals surface area contributed by atoms with Crippen LogP contribution in [0.3, 0.4) is 0 Å². The summed E-state index contributed by atoms with van der Waals surface area (Å²) in [5.74, 6) is 0.108. The summed E-state index contributed by atoms with van der Waals surface area (Å²) in [5, 5.41) is 9.74. The first-order valence-electron chi connectivity index (χ1n) is 6.94. The molecule has 1 aromatic rings. The topological polar surface area (TPSA) is 46.5 Å². The molecule has 2 atom stereocenters. The molecule has 0 amide bonds. The zero-order chi connectivity index (χ0) is 13.8. The minimum absolute atomic E-state index is 0.0806. The smallest absolute Gasteiger partial charge is 0.310 e. The number of phenols is 1. The molecule has 1 N–H and O–H groups in total. The largest absolute Gasteiger partial charge is 0.508 e. The molecule has 0 unspecified atom stereocenters. The van der Waals surface area contributed by atoms with E-state index in [1.807, 2.05) is 19.1 Å². The Morgan fingerprint density at radius 3 is 2.89 bits per heavy atom. The summed E-state index contributed by atoms with van der Waals surface area (Å²) in [6, 6.07) is 5.55. The van der Waals surface area contributed by atoms with Gasteiger partial charge < -0.3 is 9.84 Å². The summed E-state index contributed by atoms with van der Waals surface area (Å²) < 4.78 is 5.23. The minimum Gasteiger partial charge on any atom is -0.508 e. The van der Waals surface area contributed by atoms with Crippen molar-refractivity contribution in [2.24, 2.45) is 11.3 Å². The Kier molecular flexibility index (Phi) is 2.47. The molecule has 1 saturated carbocycles. The molecular weight excluding hydrogens is 240 g/mol. The standard InChI is InChI=1S/C16H20O3/c1-4-19-14(18)13-15(2,3)16(13)8-7-10-5-6-11(17)9-12(10)16/h5-6,9,13,17H,4,7-8H2,1-3H3/t13-,16-/m1/s1. The van der Waals surface area contributed by atoms with E-state index >= 15 is 0 Å². The summed E-state index contributed by atoms with van der Waals surface area (Å²) in [7, 11) is 0. The number of hydrogen-bond donors (Lipinski definition) is 1. The van der Waals surface area contributed by atoms with Gasteiger partial charge in [0.15, 0.2) is 0 Å². The quantitative estimate of drug-likeness (QED) is 0.832. The molecule has 2 aliphatic rings. The van der Waals surface area contributed by atoms with Crippen molar-refractivity contribution in [1.29, 1.82) is 0 Å². The number of carbonyl (C=O) groups is 1. The molecule has 0 saturated heterocycles. The summed E-state index contributed by atoms with van der Waals surface area (Å²) >= 11 is 0. The highest BCUT2D eigenvalue weighted by atomic mass is 16.5. The van der Waals surface area contributed by atoms with Gasteiger partial charge in [0.2, 0.25) is 0 Å². The average Bonchev–Trinajstić information content (AvgIpc) is 2.63. The Morgan fingerprint density at radius 2 is 2.21 bits per heavy atom. The maximum Gasteiger partial charge on any atom is 0.310 e. The number of rotatable bonds is 2. The van der Waals surface area contributed by atoms with Crippen molar-refractivity contribution >= 4 is 5.97 Å². The van der Waals surface area contributed by atoms with E-state index in [0.717, 1.165) is 18.4 Å². The average molecular weight is 260 g/mol. The molecular formula is C16H20O3. The predicted molar refractivity (Wildman–Crippen MR) is 72.0 cm³/mol. The van der Waals surface area contributed by atoms with Crippen LogP contribution in [0.4, 0.5) is 0 Å². The van der Waals surface area contributed by atoms with E-state index < -0.39 is 0 Å². The lowest BCUT2D eigenvalue weighted by Gasteiger charge is -2.14. The lowest BCUT2D eigenvalue weighted by atomic mass is 9.89. The van der Waals surface area contributed by atoms with E-state index in [9.17, 15) is 9.90 Å². The van der Waals surface area contributed by atoms with Crippen LogP contribution < -0.4 is 0 Å². The molecule has 0 radical (unpaired) electrons. The first-order chi connectivity index (χ1) is 8.95. The van der Waals surface area contributed by atoms with Crippen LogP contribution >= 0.6 is 0 Å². The Morgan fingerprint density at radius 1 is 1.47 bits per heavy atom. The molecule has 102 valence electrons. The van der Waals surface area contributed by atoms with Gasteiger partial charge in [0.1, 0.15) is 5.75 Å². The van der Waals surface area contributed by atoms with Crippen LogP contribution in [0, 0.1) is 11.3 Å². The normalized spacial score (nSPS) is 30.2. The van der Waals surface area contributed by atoms with Crippen LogP contribution in [-0.4, -0.2) is 17.7 Å². The van der Waals surface area contributed by atoms with Crippen LogP contribution in [0.25, 0.3) is 0 Å². The Labute approximate surface area is 113 Å². The van der Waals surface area contributed by atoms with Gasteiger partial charge in [0.05, 0.1) is 12.5 Å². The van der Waals surface area contributed by atoms with Crippen LogP contribution in [0.2, 0.25) is 0 Å². The van der Waals surface area contributed by atoms with Gasteiger partial charge in [-0.1, -0.05) is 19.9 Å². The van der Waals surface area contributed by atoms with Crippen LogP contribution in [0.15, 0.2) is 18.2 Å². The van der Waals surface area contributed by atoms with Gasteiger partial charge in [0.25, 0.3) is 0 Å². The van der Waals surface area contributed by atoms with E-state index in [-0.39, 0.29) is 28.5 Å². The van der Waals surface area contributed by atoms with Crippen molar-refractivity contribution in [2.75, 3.05) is 6.61 Å². The highest BCUT2D eigenvalue weighted by Gasteiger charge is 2.76. The lowest BCUT2D eigenvalue weighted by Crippen LogP contribution is -2.15. The second kappa shape index (κ2) is 3.75. The van der Waals surface area contributed by atoms with Gasteiger partial charge in [-0.15, -0.1) is 0 Å². The van der Waals surface area contributed by atoms with Gasteiger partial charge in [-0.3, -0.25) is 4.79 Å². The van der Waals surface area contributed by atoms with Crippen molar-refractivity contribution in [3.8, 4) is 5.75 Å². The van der Waals surface area contributed by atoms with Crippen molar-refractivity contribution in [2.45, 2.75) is 39.0 Å². The number of aromatic hydroxyl groups is 1. The first kappa shape index (κ1) is 12.5. The van der Waals surface area contributed by atoms with E-state index in [1.165, 1.54) is 5.56 Å². The molecule has 0 heterocycles. The zero-order valence-electron chi connectivity index (χ0n) is 11.7. The molecule has 1 spiro atoms. The second-order valence-corrected chi connectivity index (χ2v) is 6.22. The zero-order valence-corrected chi connectivity index (χ0v) is 11.7. The summed E-state index contributed by atoms with van der Waals surface area (Å²) in [4.78, 5) is 12.2. The maximum atomic E-state index is 12.2. The number of fused-ring (bicyclic) bond motifs is 2. The predicted octanol–water partition coefficient (Wildman–Crippen LogP) is 2.80. The van der Waals surface area contributed by atoms with Crippen LogP contribution in [0.5, 0.6) is 5.75 Å². The number of carbonyl (C=O) groups excluding carboxylic acids is 1. The molecule has 1 fully saturated rings. The minimum atomic E-state index is -0.132. The van der Waals surface area contributed by atoms with E-state index in [0.29, 0.717) is 6.61 Å². The third-order valence-corrected chi connectivity index (χ3v) is 5.17. The highest BCUT2D eigenvalue weighted by molar-refractivity contribution is 5.82. The second-order valence-electron chi connectivity index (χ2n) is 6.22. The summed E-state index contributed by atoms with van der Waals surface area (Å²) in [5.41, 5.74) is 2.19. The van der Waals surface area contributed by atoms with Crippen LogP contribution in [-0.2, 0) is 21.4 Å². The third-order valence-electron chi connectivity index (χ3n) is 5.17. The Balaban J connectivity index is 2.04. The molecule has 19 heavy (non-hydrogen) atoms. The molecule has 3 heteroatoms. The molecule has 3 nitrogen and oxygen atoms in total. The van der Waals surface area contributed by atoms with Crippen molar-refractivity contribution in [1.82, 2.24) is 0 Å². The fourth-order valence-electron chi connectivity index (χ4n) is 4.21. The molecule has 0 bridgehead atoms. The fourth-order valence-corrected chi connectivity index (χ4v) is 4.21. The first-order valence-corrected chi connectivity index (χ1v) is 6.94. The van der Waals surface area contributed by atoms with Gasteiger partial charge in [0, 0.05) is 5.41 Å². The van der Waals surface area contributed by atoms with Gasteiger partial charge in [-0.2, -0.15) is 0 Å². The Hall–Kier alpha value is -1.51. The van der Waals surface area contributed by atoms with Crippen molar-refractivity contribution in [3.05, 3.63) is 29.3 Å². The number of ether oxygens (including phenoxy) is 1. The number of phenolic OH excluding ortho intramolecular Hbond substituents is 1. The SMILES string of the molecule is CCOC(=O)[C@@H]1C(C)(C)[C@@]12CCc1ccc(O)cc12. The monoisotopic (exact) mass is 260 g/mol. The Bertz CT molecular complexity index is 547. The number of hydrogen-bond acceptors (Lipinski definition) is 3.